The minimum atomic E-state index is -0.476. The van der Waals surface area contributed by atoms with E-state index in [9.17, 15) is 4.79 Å². The van der Waals surface area contributed by atoms with Crippen LogP contribution in [0.3, 0.4) is 0 Å². The number of nitrogens with one attached hydrogen (secondary N) is 1. The van der Waals surface area contributed by atoms with E-state index in [1.165, 1.54) is 18.9 Å². The van der Waals surface area contributed by atoms with E-state index in [0.717, 1.165) is 18.5 Å². The molecule has 2 aromatic rings. The molecule has 0 saturated carbocycles. The minimum Gasteiger partial charge on any atom is -0.465 e. The van der Waals surface area contributed by atoms with Gasteiger partial charge in [0.05, 0.1) is 24.6 Å². The first kappa shape index (κ1) is 14.8. The lowest BCUT2D eigenvalue weighted by molar-refractivity contribution is 0.0602. The molecule has 0 radical (unpaired) electrons. The number of aryl methyl sites for hydroxylation is 1. The van der Waals surface area contributed by atoms with E-state index < -0.39 is 5.97 Å². The Balaban J connectivity index is 2.17. The van der Waals surface area contributed by atoms with Gasteiger partial charge in [-0.25, -0.2) is 9.78 Å². The number of rotatable bonds is 5. The summed E-state index contributed by atoms with van der Waals surface area (Å²) < 4.78 is 4.69. The van der Waals surface area contributed by atoms with Crippen LogP contribution in [0.15, 0.2) is 36.5 Å². The Kier molecular flexibility index (Phi) is 4.77. The Morgan fingerprint density at radius 2 is 2.05 bits per heavy atom. The van der Waals surface area contributed by atoms with Gasteiger partial charge in [0, 0.05) is 5.69 Å². The summed E-state index contributed by atoms with van der Waals surface area (Å²) in [5.74, 6) is 0.0732. The average molecular weight is 285 g/mol. The molecule has 0 bridgehead atoms. The Hall–Kier alpha value is -2.56. The number of methoxy groups -OCH3 is 1. The summed E-state index contributed by atoms with van der Waals surface area (Å²) in [6.07, 6.45) is 3.63. The molecule has 0 spiro atoms. The van der Waals surface area contributed by atoms with Crippen LogP contribution in [-0.2, 0) is 11.2 Å². The highest BCUT2D eigenvalue weighted by Gasteiger charge is 2.11. The third kappa shape index (κ3) is 3.72. The molecule has 0 unspecified atom stereocenters. The number of nitrogens with two attached hydrogens (primary N) is 1. The molecule has 110 valence electrons. The van der Waals surface area contributed by atoms with E-state index >= 15 is 0 Å². The van der Waals surface area contributed by atoms with Crippen molar-refractivity contribution < 1.29 is 9.53 Å². The minimum absolute atomic E-state index is 0.297. The number of pyridine rings is 1. The zero-order valence-corrected chi connectivity index (χ0v) is 12.2. The summed E-state index contributed by atoms with van der Waals surface area (Å²) in [6, 6.07) is 9.71. The quantitative estimate of drug-likeness (QED) is 0.825. The number of benzene rings is 1. The van der Waals surface area contributed by atoms with Crippen molar-refractivity contribution in [3.8, 4) is 0 Å². The van der Waals surface area contributed by atoms with E-state index in [4.69, 9.17) is 10.5 Å². The van der Waals surface area contributed by atoms with E-state index in [-0.39, 0.29) is 0 Å². The van der Waals surface area contributed by atoms with Crippen molar-refractivity contribution in [2.45, 2.75) is 19.8 Å². The van der Waals surface area contributed by atoms with Crippen LogP contribution in [0.5, 0.6) is 0 Å². The molecule has 1 aromatic carbocycles. The van der Waals surface area contributed by atoms with Crippen molar-refractivity contribution in [3.05, 3.63) is 47.7 Å². The fourth-order valence-electron chi connectivity index (χ4n) is 2.01. The molecule has 1 heterocycles. The van der Waals surface area contributed by atoms with Gasteiger partial charge in [-0.05, 0) is 30.2 Å². The fourth-order valence-corrected chi connectivity index (χ4v) is 2.01. The van der Waals surface area contributed by atoms with Gasteiger partial charge in [-0.2, -0.15) is 0 Å². The van der Waals surface area contributed by atoms with Crippen molar-refractivity contribution in [1.82, 2.24) is 4.98 Å². The molecular formula is C16H19N3O2. The predicted molar refractivity (Wildman–Crippen MR) is 83.7 cm³/mol. The molecule has 0 atom stereocenters. The van der Waals surface area contributed by atoms with Crippen LogP contribution >= 0.6 is 0 Å². The lowest BCUT2D eigenvalue weighted by Crippen LogP contribution is -2.07. The van der Waals surface area contributed by atoms with Crippen molar-refractivity contribution in [1.29, 1.82) is 0 Å². The number of carbonyl (C=O) groups is 1. The summed E-state index contributed by atoms with van der Waals surface area (Å²) in [5, 5.41) is 3.15. The first-order chi connectivity index (χ1) is 10.1. The molecule has 2 rings (SSSR count). The van der Waals surface area contributed by atoms with Crippen LogP contribution in [0.4, 0.5) is 17.2 Å². The molecule has 0 aliphatic heterocycles. The van der Waals surface area contributed by atoms with E-state index in [1.807, 2.05) is 12.1 Å². The number of nitrogen functional groups attached to an aromatic ring is 1. The van der Waals surface area contributed by atoms with Gasteiger partial charge in [0.1, 0.15) is 5.82 Å². The Bertz CT molecular complexity index is 624. The second-order valence-electron chi connectivity index (χ2n) is 4.72. The molecule has 5 nitrogen and oxygen atoms in total. The molecule has 0 aliphatic rings. The third-order valence-corrected chi connectivity index (χ3v) is 3.11. The zero-order chi connectivity index (χ0) is 15.2. The van der Waals surface area contributed by atoms with Gasteiger partial charge in [-0.15, -0.1) is 0 Å². The van der Waals surface area contributed by atoms with Crippen molar-refractivity contribution in [3.63, 3.8) is 0 Å². The Morgan fingerprint density at radius 1 is 1.33 bits per heavy atom. The molecular weight excluding hydrogens is 266 g/mol. The molecule has 3 N–H and O–H groups in total. The van der Waals surface area contributed by atoms with Gasteiger partial charge in [0.25, 0.3) is 0 Å². The largest absolute Gasteiger partial charge is 0.465 e. The average Bonchev–Trinajstić information content (AvgIpc) is 2.50. The van der Waals surface area contributed by atoms with Crippen LogP contribution in [0, 0.1) is 0 Å². The number of ether oxygens (including phenoxy) is 1. The zero-order valence-electron chi connectivity index (χ0n) is 12.2. The molecule has 0 saturated heterocycles. The van der Waals surface area contributed by atoms with Crippen LogP contribution in [0.25, 0.3) is 0 Å². The van der Waals surface area contributed by atoms with Gasteiger partial charge in [-0.3, -0.25) is 0 Å². The van der Waals surface area contributed by atoms with Gasteiger partial charge < -0.3 is 15.8 Å². The molecule has 0 fully saturated rings. The smallest absolute Gasteiger partial charge is 0.340 e. The molecule has 1 aromatic heterocycles. The SMILES string of the molecule is CCCc1ccc(Nc2cc(C(=O)OC)c(N)cn2)cc1. The highest BCUT2D eigenvalue weighted by molar-refractivity contribution is 5.95. The van der Waals surface area contributed by atoms with Crippen LogP contribution < -0.4 is 11.1 Å². The van der Waals surface area contributed by atoms with Crippen molar-refractivity contribution in [2.75, 3.05) is 18.2 Å². The molecule has 0 amide bonds. The van der Waals surface area contributed by atoms with E-state index in [1.54, 1.807) is 6.07 Å². The summed E-state index contributed by atoms with van der Waals surface area (Å²) in [7, 11) is 1.32. The maximum absolute atomic E-state index is 11.6. The van der Waals surface area contributed by atoms with Gasteiger partial charge in [0.2, 0.25) is 0 Å². The summed E-state index contributed by atoms with van der Waals surface area (Å²) in [5.41, 5.74) is 8.52. The normalized spacial score (nSPS) is 10.2. The number of anilines is 3. The van der Waals surface area contributed by atoms with Crippen molar-refractivity contribution >= 4 is 23.2 Å². The standard InChI is InChI=1S/C16H19N3O2/c1-3-4-11-5-7-12(8-6-11)19-15-9-13(16(20)21-2)14(17)10-18-15/h5-10H,3-4,17H2,1-2H3,(H,18,19). The van der Waals surface area contributed by atoms with E-state index in [0.29, 0.717) is 17.1 Å². The first-order valence-electron chi connectivity index (χ1n) is 6.84. The molecule has 5 heteroatoms. The monoisotopic (exact) mass is 285 g/mol. The Labute approximate surface area is 124 Å². The number of esters is 1. The highest BCUT2D eigenvalue weighted by Crippen LogP contribution is 2.20. The number of aromatic nitrogens is 1. The molecule has 0 aliphatic carbocycles. The maximum Gasteiger partial charge on any atom is 0.340 e. The van der Waals surface area contributed by atoms with Crippen LogP contribution in [0.2, 0.25) is 0 Å². The number of hydrogen-bond acceptors (Lipinski definition) is 5. The van der Waals surface area contributed by atoms with Crippen LogP contribution in [-0.4, -0.2) is 18.1 Å². The predicted octanol–water partition coefficient (Wildman–Crippen LogP) is 3.15. The second-order valence-corrected chi connectivity index (χ2v) is 4.72. The van der Waals surface area contributed by atoms with Crippen molar-refractivity contribution in [2.24, 2.45) is 0 Å². The maximum atomic E-state index is 11.6. The lowest BCUT2D eigenvalue weighted by Gasteiger charge is -2.09. The first-order valence-corrected chi connectivity index (χ1v) is 6.84. The lowest BCUT2D eigenvalue weighted by atomic mass is 10.1. The summed E-state index contributed by atoms with van der Waals surface area (Å²) >= 11 is 0. The van der Waals surface area contributed by atoms with E-state index in [2.05, 4.69) is 29.4 Å². The van der Waals surface area contributed by atoms with Gasteiger partial charge in [-0.1, -0.05) is 25.5 Å². The van der Waals surface area contributed by atoms with Gasteiger partial charge in [0.15, 0.2) is 0 Å². The van der Waals surface area contributed by atoms with Crippen LogP contribution in [0.1, 0.15) is 29.3 Å². The summed E-state index contributed by atoms with van der Waals surface area (Å²) in [4.78, 5) is 15.8. The summed E-state index contributed by atoms with van der Waals surface area (Å²) in [6.45, 7) is 2.15. The number of hydrogen-bond donors (Lipinski definition) is 2. The third-order valence-electron chi connectivity index (χ3n) is 3.11. The van der Waals surface area contributed by atoms with Gasteiger partial charge >= 0.3 is 5.97 Å². The number of nitrogens with zero attached hydrogens (tertiary/aromatic N) is 1. The molecule has 21 heavy (non-hydrogen) atoms. The Morgan fingerprint density at radius 3 is 2.67 bits per heavy atom. The topological polar surface area (TPSA) is 77.2 Å². The second kappa shape index (κ2) is 6.74. The number of carbonyl (C=O) groups excluding carboxylic acids is 1. The fraction of sp³-hybridized carbons (Fsp3) is 0.250. The highest BCUT2D eigenvalue weighted by atomic mass is 16.5.